The molecule has 8 nitrogen and oxygen atoms in total. The average Bonchev–Trinajstić information content (AvgIpc) is 2.73. The number of carbonyl (C=O) groups is 1. The van der Waals surface area contributed by atoms with Gasteiger partial charge in [0.1, 0.15) is 5.75 Å². The van der Waals surface area contributed by atoms with Crippen molar-refractivity contribution in [3.63, 3.8) is 0 Å². The summed E-state index contributed by atoms with van der Waals surface area (Å²) in [4.78, 5) is 12.3. The molecule has 0 spiro atoms. The fraction of sp³-hybridized carbons (Fsp3) is 0.350. The molecule has 2 amide bonds. The van der Waals surface area contributed by atoms with Crippen LogP contribution >= 0.6 is 0 Å². The van der Waals surface area contributed by atoms with Gasteiger partial charge in [-0.2, -0.15) is 0 Å². The highest BCUT2D eigenvalue weighted by Gasteiger charge is 2.16. The number of hydrogen-bond donors (Lipinski definition) is 2. The minimum atomic E-state index is -0.390. The van der Waals surface area contributed by atoms with E-state index in [-0.39, 0.29) is 18.7 Å². The van der Waals surface area contributed by atoms with E-state index in [1.807, 2.05) is 24.3 Å². The van der Waals surface area contributed by atoms with Crippen molar-refractivity contribution in [3.8, 4) is 23.0 Å². The first-order valence-corrected chi connectivity index (χ1v) is 8.57. The highest BCUT2D eigenvalue weighted by molar-refractivity contribution is 5.90. The molecule has 2 aromatic rings. The first kappa shape index (κ1) is 21.2. The van der Waals surface area contributed by atoms with Crippen LogP contribution < -0.4 is 29.6 Å². The molecule has 152 valence electrons. The van der Waals surface area contributed by atoms with Gasteiger partial charge in [0, 0.05) is 25.8 Å². The summed E-state index contributed by atoms with van der Waals surface area (Å²) in [5.41, 5.74) is 1.40. The molecule has 0 aliphatic rings. The maximum absolute atomic E-state index is 12.3. The van der Waals surface area contributed by atoms with Crippen LogP contribution in [0.5, 0.6) is 23.0 Å². The van der Waals surface area contributed by atoms with Crippen LogP contribution in [0.1, 0.15) is 11.7 Å². The first-order chi connectivity index (χ1) is 13.6. The molecule has 0 aliphatic heterocycles. The molecule has 2 rings (SSSR count). The van der Waals surface area contributed by atoms with E-state index in [9.17, 15) is 4.79 Å². The van der Waals surface area contributed by atoms with E-state index in [1.54, 1.807) is 26.4 Å². The second-order valence-corrected chi connectivity index (χ2v) is 5.75. The second-order valence-electron chi connectivity index (χ2n) is 5.75. The predicted molar refractivity (Wildman–Crippen MR) is 106 cm³/mol. The Morgan fingerprint density at radius 3 is 2.14 bits per heavy atom. The van der Waals surface area contributed by atoms with Crippen molar-refractivity contribution in [2.24, 2.45) is 0 Å². The van der Waals surface area contributed by atoms with Gasteiger partial charge in [-0.25, -0.2) is 4.79 Å². The zero-order valence-electron chi connectivity index (χ0n) is 16.7. The summed E-state index contributed by atoms with van der Waals surface area (Å²) < 4.78 is 26.6. The third kappa shape index (κ3) is 5.20. The van der Waals surface area contributed by atoms with Crippen LogP contribution in [-0.4, -0.2) is 48.1 Å². The molecule has 0 radical (unpaired) electrons. The summed E-state index contributed by atoms with van der Waals surface area (Å²) in [6.45, 7) is 0.278. The molecule has 2 N–H and O–H groups in total. The van der Waals surface area contributed by atoms with E-state index in [1.165, 1.54) is 21.3 Å². The molecule has 1 unspecified atom stereocenters. The molecule has 28 heavy (non-hydrogen) atoms. The lowest BCUT2D eigenvalue weighted by Gasteiger charge is -2.18. The van der Waals surface area contributed by atoms with Gasteiger partial charge in [0.2, 0.25) is 5.75 Å². The number of anilines is 1. The van der Waals surface area contributed by atoms with Crippen LogP contribution in [0.4, 0.5) is 10.5 Å². The summed E-state index contributed by atoms with van der Waals surface area (Å²) in [7, 11) is 7.73. The number of urea groups is 1. The molecule has 0 saturated heterocycles. The molecule has 0 bridgehead atoms. The molecule has 0 saturated carbocycles. The van der Waals surface area contributed by atoms with E-state index < -0.39 is 0 Å². The smallest absolute Gasteiger partial charge is 0.319 e. The van der Waals surface area contributed by atoms with E-state index in [4.69, 9.17) is 23.7 Å². The summed E-state index contributed by atoms with van der Waals surface area (Å²) in [6, 6.07) is 10.4. The second kappa shape index (κ2) is 10.3. The molecule has 0 aromatic heterocycles. The van der Waals surface area contributed by atoms with Crippen molar-refractivity contribution in [1.82, 2.24) is 5.32 Å². The molecule has 2 aromatic carbocycles. The molecule has 8 heteroatoms. The number of hydrogen-bond acceptors (Lipinski definition) is 6. The van der Waals surface area contributed by atoms with E-state index in [0.717, 1.165) is 11.3 Å². The fourth-order valence-corrected chi connectivity index (χ4v) is 2.69. The van der Waals surface area contributed by atoms with E-state index in [0.29, 0.717) is 22.9 Å². The summed E-state index contributed by atoms with van der Waals surface area (Å²) in [5.74, 6) is 2.07. The van der Waals surface area contributed by atoms with Crippen LogP contribution in [0.25, 0.3) is 0 Å². The zero-order valence-corrected chi connectivity index (χ0v) is 16.7. The van der Waals surface area contributed by atoms with Gasteiger partial charge in [-0.1, -0.05) is 12.1 Å². The molecular formula is C20H26N2O6. The maximum Gasteiger partial charge on any atom is 0.319 e. The molecule has 0 heterocycles. The summed E-state index contributed by atoms with van der Waals surface area (Å²) >= 11 is 0. The van der Waals surface area contributed by atoms with Crippen molar-refractivity contribution in [2.45, 2.75) is 6.10 Å². The molecule has 0 aliphatic carbocycles. The molecule has 1 atom stereocenters. The third-order valence-corrected chi connectivity index (χ3v) is 4.12. The van der Waals surface area contributed by atoms with Gasteiger partial charge in [0.15, 0.2) is 11.5 Å². The van der Waals surface area contributed by atoms with Crippen molar-refractivity contribution in [1.29, 1.82) is 0 Å². The van der Waals surface area contributed by atoms with Gasteiger partial charge in [-0.3, -0.25) is 0 Å². The Morgan fingerprint density at radius 1 is 0.929 bits per heavy atom. The predicted octanol–water partition coefficient (Wildman–Crippen LogP) is 3.23. The maximum atomic E-state index is 12.3. The van der Waals surface area contributed by atoms with Gasteiger partial charge in [0.05, 0.1) is 40.2 Å². The van der Waals surface area contributed by atoms with Crippen molar-refractivity contribution in [3.05, 3.63) is 42.0 Å². The standard InChI is InChI=1S/C20H26N2O6/c1-24-15-8-6-7-13(9-15)18(27-4)12-21-20(23)22-14-10-16(25-2)19(28-5)17(11-14)26-3/h6-11,18H,12H2,1-5H3,(H2,21,22,23). The Balaban J connectivity index is 2.05. The zero-order chi connectivity index (χ0) is 20.5. The quantitative estimate of drug-likeness (QED) is 0.684. The number of carbonyl (C=O) groups excluding carboxylic acids is 1. The molecule has 0 fully saturated rings. The molecular weight excluding hydrogens is 364 g/mol. The van der Waals surface area contributed by atoms with Crippen LogP contribution in [0.2, 0.25) is 0 Å². The minimum absolute atomic E-state index is 0.278. The number of nitrogens with one attached hydrogen (secondary N) is 2. The number of ether oxygens (including phenoxy) is 5. The van der Waals surface area contributed by atoms with E-state index >= 15 is 0 Å². The fourth-order valence-electron chi connectivity index (χ4n) is 2.69. The van der Waals surface area contributed by atoms with Gasteiger partial charge in [-0.05, 0) is 17.7 Å². The van der Waals surface area contributed by atoms with Crippen molar-refractivity contribution in [2.75, 3.05) is 47.4 Å². The topological polar surface area (TPSA) is 87.3 Å². The van der Waals surface area contributed by atoms with Gasteiger partial charge >= 0.3 is 6.03 Å². The highest BCUT2D eigenvalue weighted by Crippen LogP contribution is 2.39. The minimum Gasteiger partial charge on any atom is -0.497 e. The normalized spacial score (nSPS) is 11.3. The Morgan fingerprint density at radius 2 is 1.61 bits per heavy atom. The highest BCUT2D eigenvalue weighted by atomic mass is 16.5. The Labute approximate surface area is 164 Å². The largest absolute Gasteiger partial charge is 0.497 e. The van der Waals surface area contributed by atoms with Gasteiger partial charge in [-0.15, -0.1) is 0 Å². The Kier molecular flexibility index (Phi) is 7.76. The van der Waals surface area contributed by atoms with Crippen LogP contribution in [0, 0.1) is 0 Å². The lowest BCUT2D eigenvalue weighted by Crippen LogP contribution is -2.33. The number of benzene rings is 2. The Bertz CT molecular complexity index is 771. The van der Waals surface area contributed by atoms with Crippen LogP contribution in [0.15, 0.2) is 36.4 Å². The number of rotatable bonds is 9. The van der Waals surface area contributed by atoms with E-state index in [2.05, 4.69) is 10.6 Å². The monoisotopic (exact) mass is 390 g/mol. The number of methoxy groups -OCH3 is 5. The van der Waals surface area contributed by atoms with Crippen LogP contribution in [0.3, 0.4) is 0 Å². The Hall–Kier alpha value is -3.13. The SMILES string of the molecule is COc1cccc(C(CNC(=O)Nc2cc(OC)c(OC)c(OC)c2)OC)c1. The van der Waals surface area contributed by atoms with Crippen molar-refractivity contribution >= 4 is 11.7 Å². The van der Waals surface area contributed by atoms with Gasteiger partial charge < -0.3 is 34.3 Å². The lowest BCUT2D eigenvalue weighted by molar-refractivity contribution is 0.104. The summed E-state index contributed by atoms with van der Waals surface area (Å²) in [5, 5.41) is 5.54. The van der Waals surface area contributed by atoms with Crippen LogP contribution in [-0.2, 0) is 4.74 Å². The average molecular weight is 390 g/mol. The number of amides is 2. The van der Waals surface area contributed by atoms with Crippen molar-refractivity contribution < 1.29 is 28.5 Å². The lowest BCUT2D eigenvalue weighted by atomic mass is 10.1. The summed E-state index contributed by atoms with van der Waals surface area (Å²) in [6.07, 6.45) is -0.319. The van der Waals surface area contributed by atoms with Gasteiger partial charge in [0.25, 0.3) is 0 Å². The first-order valence-electron chi connectivity index (χ1n) is 8.57. The third-order valence-electron chi connectivity index (χ3n) is 4.12.